The predicted octanol–water partition coefficient (Wildman–Crippen LogP) is 1.19. The van der Waals surface area contributed by atoms with E-state index < -0.39 is 10.0 Å². The van der Waals surface area contributed by atoms with Gasteiger partial charge < -0.3 is 5.32 Å². The van der Waals surface area contributed by atoms with Crippen LogP contribution in [0.2, 0.25) is 5.02 Å². The summed E-state index contributed by atoms with van der Waals surface area (Å²) in [5, 5.41) is 12.1. The van der Waals surface area contributed by atoms with E-state index in [1.165, 1.54) is 22.5 Å². The van der Waals surface area contributed by atoms with Gasteiger partial charge in [-0.05, 0) is 25.1 Å². The molecule has 0 spiro atoms. The molecule has 5 nitrogen and oxygen atoms in total. The van der Waals surface area contributed by atoms with E-state index in [4.69, 9.17) is 16.9 Å². The molecule has 1 aromatic carbocycles. The average Bonchev–Trinajstić information content (AvgIpc) is 2.38. The maximum atomic E-state index is 12.4. The van der Waals surface area contributed by atoms with Crippen LogP contribution in [0.5, 0.6) is 0 Å². The van der Waals surface area contributed by atoms with Crippen molar-refractivity contribution in [3.05, 3.63) is 28.8 Å². The van der Waals surface area contributed by atoms with Crippen LogP contribution in [0.25, 0.3) is 0 Å². The maximum Gasteiger partial charge on any atom is 0.243 e. The fourth-order valence-electron chi connectivity index (χ4n) is 2.01. The minimum atomic E-state index is -3.54. The van der Waals surface area contributed by atoms with Gasteiger partial charge in [-0.15, -0.1) is 0 Å². The molecule has 1 aliphatic heterocycles. The second-order valence-corrected chi connectivity index (χ2v) is 6.82. The first-order valence-electron chi connectivity index (χ1n) is 5.88. The number of hydrogen-bond donors (Lipinski definition) is 1. The average molecular weight is 300 g/mol. The number of rotatable bonds is 2. The van der Waals surface area contributed by atoms with Crippen molar-refractivity contribution in [2.75, 3.05) is 19.6 Å². The summed E-state index contributed by atoms with van der Waals surface area (Å²) in [5.41, 5.74) is 0.272. The van der Waals surface area contributed by atoms with Gasteiger partial charge in [-0.3, -0.25) is 0 Å². The monoisotopic (exact) mass is 299 g/mol. The summed E-state index contributed by atoms with van der Waals surface area (Å²) in [5.74, 6) is 0. The van der Waals surface area contributed by atoms with Crippen LogP contribution in [-0.4, -0.2) is 38.4 Å². The lowest BCUT2D eigenvalue weighted by Crippen LogP contribution is -2.51. The van der Waals surface area contributed by atoms with Crippen molar-refractivity contribution >= 4 is 21.6 Å². The van der Waals surface area contributed by atoms with Crippen LogP contribution in [0.3, 0.4) is 0 Å². The molecular weight excluding hydrogens is 286 g/mol. The van der Waals surface area contributed by atoms with Crippen molar-refractivity contribution in [3.8, 4) is 6.07 Å². The van der Waals surface area contributed by atoms with Gasteiger partial charge >= 0.3 is 0 Å². The fourth-order valence-corrected chi connectivity index (χ4v) is 3.86. The Balaban J connectivity index is 2.34. The Morgan fingerprint density at radius 2 is 2.26 bits per heavy atom. The van der Waals surface area contributed by atoms with Crippen molar-refractivity contribution in [2.45, 2.75) is 17.9 Å². The van der Waals surface area contributed by atoms with E-state index in [-0.39, 0.29) is 21.5 Å². The minimum Gasteiger partial charge on any atom is -0.312 e. The number of benzene rings is 1. The van der Waals surface area contributed by atoms with Gasteiger partial charge in [0, 0.05) is 25.7 Å². The molecule has 0 radical (unpaired) electrons. The van der Waals surface area contributed by atoms with E-state index in [9.17, 15) is 8.42 Å². The van der Waals surface area contributed by atoms with E-state index in [1.54, 1.807) is 0 Å². The molecule has 0 aromatic heterocycles. The Morgan fingerprint density at radius 1 is 1.53 bits per heavy atom. The van der Waals surface area contributed by atoms with Gasteiger partial charge in [0.15, 0.2) is 0 Å². The highest BCUT2D eigenvalue weighted by Gasteiger charge is 2.28. The lowest BCUT2D eigenvalue weighted by Gasteiger charge is -2.31. The fraction of sp³-hybridized carbons (Fsp3) is 0.417. The quantitative estimate of drug-likeness (QED) is 0.890. The molecule has 2 rings (SSSR count). The Labute approximate surface area is 117 Å². The zero-order valence-corrected chi connectivity index (χ0v) is 12.0. The Morgan fingerprint density at radius 3 is 2.84 bits per heavy atom. The smallest absolute Gasteiger partial charge is 0.243 e. The van der Waals surface area contributed by atoms with Gasteiger partial charge in [-0.2, -0.15) is 9.57 Å². The van der Waals surface area contributed by atoms with Crippen LogP contribution in [0, 0.1) is 11.3 Å². The largest absolute Gasteiger partial charge is 0.312 e. The summed E-state index contributed by atoms with van der Waals surface area (Å²) in [6, 6.07) is 6.22. The van der Waals surface area contributed by atoms with E-state index in [1.807, 2.05) is 13.0 Å². The van der Waals surface area contributed by atoms with Crippen LogP contribution in [0.4, 0.5) is 0 Å². The number of hydrogen-bond acceptors (Lipinski definition) is 4. The summed E-state index contributed by atoms with van der Waals surface area (Å²) < 4.78 is 26.3. The van der Waals surface area contributed by atoms with Crippen molar-refractivity contribution < 1.29 is 8.42 Å². The first-order valence-corrected chi connectivity index (χ1v) is 7.70. The molecule has 0 aliphatic carbocycles. The van der Waals surface area contributed by atoms with Gasteiger partial charge in [0.2, 0.25) is 10.0 Å². The van der Waals surface area contributed by atoms with E-state index in [0.29, 0.717) is 19.6 Å². The second-order valence-electron chi connectivity index (χ2n) is 4.47. The lowest BCUT2D eigenvalue weighted by atomic mass is 10.2. The van der Waals surface area contributed by atoms with Gasteiger partial charge in [0.1, 0.15) is 6.07 Å². The van der Waals surface area contributed by atoms with Gasteiger partial charge in [-0.25, -0.2) is 8.42 Å². The molecule has 1 aromatic rings. The summed E-state index contributed by atoms with van der Waals surface area (Å²) in [7, 11) is -3.54. The second kappa shape index (κ2) is 5.47. The summed E-state index contributed by atoms with van der Waals surface area (Å²) in [6.07, 6.45) is 0. The summed E-state index contributed by atoms with van der Waals surface area (Å²) >= 11 is 5.89. The molecule has 1 N–H and O–H groups in total. The zero-order chi connectivity index (χ0) is 14.0. The number of nitriles is 1. The Bertz CT molecular complexity index is 624. The Kier molecular flexibility index (Phi) is 4.11. The Hall–Kier alpha value is -1.13. The lowest BCUT2D eigenvalue weighted by molar-refractivity contribution is 0.310. The summed E-state index contributed by atoms with van der Waals surface area (Å²) in [6.45, 7) is 3.43. The van der Waals surface area contributed by atoms with E-state index >= 15 is 0 Å². The molecule has 0 unspecified atom stereocenters. The molecule has 102 valence electrons. The van der Waals surface area contributed by atoms with Crippen LogP contribution >= 0.6 is 11.6 Å². The molecular formula is C12H14ClN3O2S. The standard InChI is InChI=1S/C12H14ClN3O2S/c1-9-8-16(5-4-15-9)19(17,18)11-3-2-10(7-14)12(13)6-11/h2-3,6,9,15H,4-5,8H2,1H3/t9-/m1/s1. The highest BCUT2D eigenvalue weighted by atomic mass is 35.5. The van der Waals surface area contributed by atoms with Gasteiger partial charge in [0.05, 0.1) is 15.5 Å². The van der Waals surface area contributed by atoms with Gasteiger partial charge in [-0.1, -0.05) is 11.6 Å². The first-order chi connectivity index (χ1) is 8.95. The number of halogens is 1. The highest BCUT2D eigenvalue weighted by molar-refractivity contribution is 7.89. The zero-order valence-electron chi connectivity index (χ0n) is 10.4. The predicted molar refractivity (Wildman–Crippen MR) is 72.4 cm³/mol. The van der Waals surface area contributed by atoms with Crippen molar-refractivity contribution in [3.63, 3.8) is 0 Å². The minimum absolute atomic E-state index is 0.123. The molecule has 1 fully saturated rings. The number of sulfonamides is 1. The molecule has 7 heteroatoms. The molecule has 19 heavy (non-hydrogen) atoms. The van der Waals surface area contributed by atoms with E-state index in [2.05, 4.69) is 5.32 Å². The maximum absolute atomic E-state index is 12.4. The van der Waals surface area contributed by atoms with Gasteiger partial charge in [0.25, 0.3) is 0 Å². The van der Waals surface area contributed by atoms with Crippen molar-refractivity contribution in [1.29, 1.82) is 5.26 Å². The number of piperazine rings is 1. The number of nitrogens with one attached hydrogen (secondary N) is 1. The molecule has 0 saturated carbocycles. The first kappa shape index (κ1) is 14.3. The third kappa shape index (κ3) is 2.90. The molecule has 0 bridgehead atoms. The third-order valence-electron chi connectivity index (χ3n) is 3.03. The molecule has 1 atom stereocenters. The van der Waals surface area contributed by atoms with Crippen LogP contribution in [-0.2, 0) is 10.0 Å². The van der Waals surface area contributed by atoms with Crippen molar-refractivity contribution in [1.82, 2.24) is 9.62 Å². The summed E-state index contributed by atoms with van der Waals surface area (Å²) in [4.78, 5) is 0.130. The van der Waals surface area contributed by atoms with Crippen LogP contribution < -0.4 is 5.32 Å². The molecule has 1 heterocycles. The molecule has 1 saturated heterocycles. The van der Waals surface area contributed by atoms with Crippen LogP contribution in [0.1, 0.15) is 12.5 Å². The SMILES string of the molecule is C[C@@H]1CN(S(=O)(=O)c2ccc(C#N)c(Cl)c2)CCN1. The number of nitrogens with zero attached hydrogens (tertiary/aromatic N) is 2. The molecule has 0 amide bonds. The third-order valence-corrected chi connectivity index (χ3v) is 5.20. The van der Waals surface area contributed by atoms with Crippen molar-refractivity contribution in [2.24, 2.45) is 0 Å². The highest BCUT2D eigenvalue weighted by Crippen LogP contribution is 2.23. The topological polar surface area (TPSA) is 73.2 Å². The van der Waals surface area contributed by atoms with Crippen LogP contribution in [0.15, 0.2) is 23.1 Å². The van der Waals surface area contributed by atoms with E-state index in [0.717, 1.165) is 0 Å². The normalized spacial score (nSPS) is 21.0. The molecule has 1 aliphatic rings.